The molecule has 10 heteroatoms. The number of furan rings is 1. The third-order valence-electron chi connectivity index (χ3n) is 4.62. The van der Waals surface area contributed by atoms with E-state index in [1.165, 1.54) is 30.9 Å². The fourth-order valence-electron chi connectivity index (χ4n) is 3.03. The Morgan fingerprint density at radius 1 is 1.18 bits per heavy atom. The topological polar surface area (TPSA) is 110 Å². The molecule has 0 atom stereocenters. The molecule has 1 N–H and O–H groups in total. The van der Waals surface area contributed by atoms with Gasteiger partial charge in [0.1, 0.15) is 5.76 Å². The molecular formula is C23H20N4O5S. The lowest BCUT2D eigenvalue weighted by atomic mass is 10.1. The van der Waals surface area contributed by atoms with Crippen molar-refractivity contribution >= 4 is 35.1 Å². The van der Waals surface area contributed by atoms with Gasteiger partial charge in [-0.3, -0.25) is 14.7 Å². The van der Waals surface area contributed by atoms with Crippen LogP contribution in [0.4, 0.5) is 0 Å². The van der Waals surface area contributed by atoms with Gasteiger partial charge in [-0.2, -0.15) is 5.10 Å². The highest BCUT2D eigenvalue weighted by Crippen LogP contribution is 2.39. The van der Waals surface area contributed by atoms with E-state index in [2.05, 4.69) is 15.2 Å². The van der Waals surface area contributed by atoms with Crippen molar-refractivity contribution in [3.8, 4) is 17.2 Å². The van der Waals surface area contributed by atoms with Gasteiger partial charge in [0.2, 0.25) is 5.75 Å². The maximum absolute atomic E-state index is 13.2. The number of methoxy groups -OCH3 is 2. The highest BCUT2D eigenvalue weighted by molar-refractivity contribution is 8.18. The summed E-state index contributed by atoms with van der Waals surface area (Å²) < 4.78 is 15.8. The number of phenolic OH excluding ortho intramolecular Hbond substituents is 1. The second kappa shape index (κ2) is 10.0. The number of amidine groups is 1. The molecule has 3 aromatic rings. The molecule has 33 heavy (non-hydrogen) atoms. The number of aromatic hydroxyl groups is 1. The van der Waals surface area contributed by atoms with Crippen molar-refractivity contribution in [1.29, 1.82) is 0 Å². The van der Waals surface area contributed by atoms with Gasteiger partial charge < -0.3 is 19.0 Å². The van der Waals surface area contributed by atoms with E-state index in [0.29, 0.717) is 21.4 Å². The zero-order valence-corrected chi connectivity index (χ0v) is 18.7. The number of carbonyl (C=O) groups is 1. The number of ether oxygens (including phenoxy) is 2. The first-order valence-electron chi connectivity index (χ1n) is 9.79. The lowest BCUT2D eigenvalue weighted by Crippen LogP contribution is -2.28. The summed E-state index contributed by atoms with van der Waals surface area (Å²) in [4.78, 5) is 19.1. The lowest BCUT2D eigenvalue weighted by molar-refractivity contribution is -0.122. The predicted molar refractivity (Wildman–Crippen MR) is 125 cm³/mol. The standard InChI is InChI=1S/C23H20N4O5S/c1-30-18-9-16(10-19(31-2)21(18)28)11-20-22(29)27(14-17-6-4-8-32-17)23(33-20)26-25-13-15-5-3-7-24-12-15/h3-13,28H,14H2,1-2H3/b20-11-,25-13+,26-23-. The molecule has 0 bridgehead atoms. The average molecular weight is 465 g/mol. The number of carbonyl (C=O) groups excluding carboxylic acids is 1. The van der Waals surface area contributed by atoms with Crippen LogP contribution in [0, 0.1) is 0 Å². The Balaban J connectivity index is 1.66. The molecule has 1 fully saturated rings. The molecular weight excluding hydrogens is 444 g/mol. The van der Waals surface area contributed by atoms with Crippen molar-refractivity contribution in [3.05, 3.63) is 76.8 Å². The number of hydrogen-bond donors (Lipinski definition) is 1. The van der Waals surface area contributed by atoms with Gasteiger partial charge in [0, 0.05) is 18.0 Å². The molecule has 4 rings (SSSR count). The molecule has 1 aliphatic heterocycles. The summed E-state index contributed by atoms with van der Waals surface area (Å²) >= 11 is 1.18. The molecule has 2 aromatic heterocycles. The second-order valence-corrected chi connectivity index (χ2v) is 7.78. The van der Waals surface area contributed by atoms with Gasteiger partial charge in [0.15, 0.2) is 16.7 Å². The Hall–Kier alpha value is -4.05. The highest BCUT2D eigenvalue weighted by Gasteiger charge is 2.34. The van der Waals surface area contributed by atoms with Crippen molar-refractivity contribution in [3.63, 3.8) is 0 Å². The maximum Gasteiger partial charge on any atom is 0.267 e. The number of nitrogens with zero attached hydrogens (tertiary/aromatic N) is 4. The van der Waals surface area contributed by atoms with E-state index < -0.39 is 0 Å². The van der Waals surface area contributed by atoms with Crippen molar-refractivity contribution in [1.82, 2.24) is 9.88 Å². The fraction of sp³-hybridized carbons (Fsp3) is 0.130. The summed E-state index contributed by atoms with van der Waals surface area (Å²) in [6.45, 7) is 0.208. The minimum absolute atomic E-state index is 0.112. The third kappa shape index (κ3) is 5.07. The van der Waals surface area contributed by atoms with E-state index in [-0.39, 0.29) is 29.7 Å². The summed E-state index contributed by atoms with van der Waals surface area (Å²) in [5.41, 5.74) is 1.41. The summed E-state index contributed by atoms with van der Waals surface area (Å²) in [5, 5.41) is 18.9. The van der Waals surface area contributed by atoms with Gasteiger partial charge in [-0.05, 0) is 53.7 Å². The molecule has 1 saturated heterocycles. The molecule has 0 unspecified atom stereocenters. The number of amides is 1. The van der Waals surface area contributed by atoms with Crippen LogP contribution < -0.4 is 9.47 Å². The minimum atomic E-state index is -0.252. The van der Waals surface area contributed by atoms with Crippen LogP contribution in [0.3, 0.4) is 0 Å². The van der Waals surface area contributed by atoms with Crippen LogP contribution in [0.2, 0.25) is 0 Å². The van der Waals surface area contributed by atoms with Gasteiger partial charge >= 0.3 is 0 Å². The Morgan fingerprint density at radius 2 is 1.97 bits per heavy atom. The molecule has 0 aliphatic carbocycles. The number of rotatable bonds is 7. The lowest BCUT2D eigenvalue weighted by Gasteiger charge is -2.12. The van der Waals surface area contributed by atoms with Crippen molar-refractivity contribution in [2.24, 2.45) is 10.2 Å². The number of benzene rings is 1. The van der Waals surface area contributed by atoms with E-state index in [0.717, 1.165) is 5.56 Å². The Bertz CT molecular complexity index is 1200. The van der Waals surface area contributed by atoms with Crippen LogP contribution in [0.15, 0.2) is 74.6 Å². The largest absolute Gasteiger partial charge is 0.502 e. The summed E-state index contributed by atoms with van der Waals surface area (Å²) in [5.74, 6) is 0.719. The van der Waals surface area contributed by atoms with E-state index in [1.54, 1.807) is 61.3 Å². The average Bonchev–Trinajstić information content (AvgIpc) is 3.45. The first kappa shape index (κ1) is 22.2. The quantitative estimate of drug-likeness (QED) is 0.321. The smallest absolute Gasteiger partial charge is 0.267 e. The first-order valence-corrected chi connectivity index (χ1v) is 10.6. The zero-order valence-electron chi connectivity index (χ0n) is 17.8. The summed E-state index contributed by atoms with van der Waals surface area (Å²) in [6.07, 6.45) is 8.12. The van der Waals surface area contributed by atoms with Crippen LogP contribution >= 0.6 is 11.8 Å². The van der Waals surface area contributed by atoms with Crippen LogP contribution in [0.5, 0.6) is 17.2 Å². The van der Waals surface area contributed by atoms with Crippen molar-refractivity contribution in [2.75, 3.05) is 14.2 Å². The zero-order chi connectivity index (χ0) is 23.2. The molecule has 9 nitrogen and oxygen atoms in total. The van der Waals surface area contributed by atoms with Gasteiger partial charge in [-0.25, -0.2) is 0 Å². The second-order valence-electron chi connectivity index (χ2n) is 6.77. The third-order valence-corrected chi connectivity index (χ3v) is 5.61. The van der Waals surface area contributed by atoms with E-state index in [4.69, 9.17) is 13.9 Å². The molecule has 1 aliphatic rings. The van der Waals surface area contributed by atoms with Crippen LogP contribution in [0.25, 0.3) is 6.08 Å². The normalized spacial score (nSPS) is 16.3. The van der Waals surface area contributed by atoms with Gasteiger partial charge in [-0.15, -0.1) is 5.10 Å². The number of phenols is 1. The molecule has 1 aromatic carbocycles. The molecule has 1 amide bonds. The molecule has 0 radical (unpaired) electrons. The van der Waals surface area contributed by atoms with Gasteiger partial charge in [0.05, 0.1) is 38.1 Å². The first-order chi connectivity index (χ1) is 16.1. The molecule has 0 saturated carbocycles. The van der Waals surface area contributed by atoms with E-state index in [1.807, 2.05) is 6.07 Å². The monoisotopic (exact) mass is 464 g/mol. The van der Waals surface area contributed by atoms with Crippen molar-refractivity contribution in [2.45, 2.75) is 6.54 Å². The van der Waals surface area contributed by atoms with Crippen LogP contribution in [-0.4, -0.2) is 46.5 Å². The summed E-state index contributed by atoms with van der Waals surface area (Å²) in [7, 11) is 2.88. The van der Waals surface area contributed by atoms with E-state index >= 15 is 0 Å². The molecule has 0 spiro atoms. The predicted octanol–water partition coefficient (Wildman–Crippen LogP) is 3.90. The number of hydrogen-bond acceptors (Lipinski definition) is 9. The SMILES string of the molecule is COc1cc(/C=C2\S/C(=N\N=C\c3cccnc3)N(Cc3ccco3)C2=O)cc(OC)c1O. The molecule has 168 valence electrons. The Morgan fingerprint density at radius 3 is 2.61 bits per heavy atom. The highest BCUT2D eigenvalue weighted by atomic mass is 32.2. The maximum atomic E-state index is 13.2. The number of pyridine rings is 1. The number of thioether (sulfide) groups is 1. The minimum Gasteiger partial charge on any atom is -0.502 e. The van der Waals surface area contributed by atoms with Crippen LogP contribution in [-0.2, 0) is 11.3 Å². The van der Waals surface area contributed by atoms with Crippen molar-refractivity contribution < 1.29 is 23.8 Å². The summed E-state index contributed by atoms with van der Waals surface area (Å²) in [6, 6.07) is 10.4. The molecule has 3 heterocycles. The fourth-order valence-corrected chi connectivity index (χ4v) is 3.96. The van der Waals surface area contributed by atoms with Gasteiger partial charge in [-0.1, -0.05) is 6.07 Å². The Labute approximate surface area is 194 Å². The Kier molecular flexibility index (Phi) is 6.75. The number of aromatic nitrogens is 1. The van der Waals surface area contributed by atoms with Gasteiger partial charge in [0.25, 0.3) is 5.91 Å². The van der Waals surface area contributed by atoms with E-state index in [9.17, 15) is 9.90 Å². The van der Waals surface area contributed by atoms with Crippen LogP contribution in [0.1, 0.15) is 16.9 Å².